The van der Waals surface area contributed by atoms with E-state index in [9.17, 15) is 14.4 Å². The topological polar surface area (TPSA) is 136 Å². The van der Waals surface area contributed by atoms with Gasteiger partial charge in [0.1, 0.15) is 17.7 Å². The molecule has 4 heterocycles. The van der Waals surface area contributed by atoms with Crippen molar-refractivity contribution in [2.45, 2.75) is 91.3 Å². The lowest BCUT2D eigenvalue weighted by Crippen LogP contribution is -2.51. The smallest absolute Gasteiger partial charge is 0.407 e. The second-order valence-electron chi connectivity index (χ2n) is 15.8. The van der Waals surface area contributed by atoms with Crippen LogP contribution in [0.1, 0.15) is 108 Å². The molecule has 2 aromatic carbocycles. The Morgan fingerprint density at radius 2 is 1.70 bits per heavy atom. The summed E-state index contributed by atoms with van der Waals surface area (Å²) in [5, 5.41) is 2.75. The Labute approximate surface area is 311 Å². The number of carbonyl (C=O) groups is 3. The summed E-state index contributed by atoms with van der Waals surface area (Å²) in [5.41, 5.74) is 5.67. The van der Waals surface area contributed by atoms with Gasteiger partial charge in [0.15, 0.2) is 0 Å². The third kappa shape index (κ3) is 7.41. The Balaban J connectivity index is 1.03. The summed E-state index contributed by atoms with van der Waals surface area (Å²) >= 11 is 0. The zero-order valence-corrected chi connectivity index (χ0v) is 31.7. The number of nitrogens with zero attached hydrogens (tertiary/aromatic N) is 4. The van der Waals surface area contributed by atoms with Gasteiger partial charge in [-0.1, -0.05) is 65.0 Å². The number of nitrogens with one attached hydrogen (secondary N) is 3. The first-order valence-electron chi connectivity index (χ1n) is 19.1. The van der Waals surface area contributed by atoms with Gasteiger partial charge in [-0.25, -0.2) is 14.8 Å². The number of hydrogen-bond donors (Lipinski definition) is 3. The number of ether oxygens (including phenoxy) is 1. The minimum absolute atomic E-state index is 0.0181. The molecule has 3 aliphatic rings. The summed E-state index contributed by atoms with van der Waals surface area (Å²) in [6.45, 7) is 11.7. The van der Waals surface area contributed by atoms with E-state index in [0.29, 0.717) is 12.5 Å². The third-order valence-electron chi connectivity index (χ3n) is 11.9. The minimum atomic E-state index is -0.664. The van der Waals surface area contributed by atoms with E-state index in [0.717, 1.165) is 77.3 Å². The number of alkyl carbamates (subject to hydrolysis) is 1. The summed E-state index contributed by atoms with van der Waals surface area (Å²) in [6.07, 6.45) is 6.94. The summed E-state index contributed by atoms with van der Waals surface area (Å²) in [6, 6.07) is 13.2. The van der Waals surface area contributed by atoms with Crippen molar-refractivity contribution >= 4 is 28.9 Å². The highest BCUT2D eigenvalue weighted by atomic mass is 16.5. The molecule has 278 valence electrons. The molecule has 2 aromatic heterocycles. The Morgan fingerprint density at radius 3 is 2.40 bits per heavy atom. The first kappa shape index (κ1) is 36.3. The van der Waals surface area contributed by atoms with E-state index in [-0.39, 0.29) is 41.1 Å². The normalized spacial score (nSPS) is 20.7. The van der Waals surface area contributed by atoms with Gasteiger partial charge in [-0.05, 0) is 85.3 Å². The number of amides is 3. The molecule has 11 heteroatoms. The predicted molar refractivity (Wildman–Crippen MR) is 203 cm³/mol. The first-order valence-corrected chi connectivity index (χ1v) is 19.1. The molecule has 3 amide bonds. The number of benzene rings is 2. The highest BCUT2D eigenvalue weighted by Gasteiger charge is 2.54. The molecule has 11 nitrogen and oxygen atoms in total. The van der Waals surface area contributed by atoms with E-state index in [1.54, 1.807) is 6.20 Å². The fourth-order valence-electron chi connectivity index (χ4n) is 7.78. The second kappa shape index (κ2) is 14.7. The Bertz CT molecular complexity index is 2050. The van der Waals surface area contributed by atoms with Crippen LogP contribution in [-0.4, -0.2) is 73.9 Å². The average Bonchev–Trinajstić information content (AvgIpc) is 3.66. The molecule has 0 unspecified atom stereocenters. The van der Waals surface area contributed by atoms with Crippen LogP contribution >= 0.6 is 0 Å². The molecule has 1 aliphatic carbocycles. The number of fused-ring (bicyclic) bond motifs is 1. The van der Waals surface area contributed by atoms with Crippen molar-refractivity contribution in [3.8, 4) is 23.1 Å². The second-order valence-corrected chi connectivity index (χ2v) is 15.8. The largest absolute Gasteiger partial charge is 0.453 e. The average molecular weight is 718 g/mol. The van der Waals surface area contributed by atoms with Gasteiger partial charge in [0.25, 0.3) is 0 Å². The molecule has 5 atom stereocenters. The molecule has 0 bridgehead atoms. The molecule has 1 spiro atoms. The van der Waals surface area contributed by atoms with Gasteiger partial charge < -0.3 is 29.8 Å². The molecule has 7 rings (SSSR count). The lowest BCUT2D eigenvalue weighted by Gasteiger charge is -2.30. The highest BCUT2D eigenvalue weighted by Crippen LogP contribution is 2.58. The standard InChI is InChI=1S/C42H51N7O4/c1-7-26(4)36(47-41(52)53-6)40(51)48-20-8-9-34(48)37-43-23-33(46-37)30-15-12-28(13-16-30)10-11-29-14-17-31-32(21-29)45-38(44-31)35-22-42(18-19-42)24-49(35)39(50)27(5)25(2)3/h12-17,21,23,25-27,34-36H,7-9,18-20,22,24H2,1-6H3,(H,43,46)(H,44,45)(H,47,52)/t26-,27+,34+,35+,36+/m1/s1. The molecule has 1 saturated carbocycles. The van der Waals surface area contributed by atoms with E-state index in [2.05, 4.69) is 50.9 Å². The van der Waals surface area contributed by atoms with E-state index < -0.39 is 12.1 Å². The van der Waals surface area contributed by atoms with Crippen LogP contribution in [0.25, 0.3) is 22.3 Å². The van der Waals surface area contributed by atoms with Crippen molar-refractivity contribution in [2.75, 3.05) is 20.2 Å². The summed E-state index contributed by atoms with van der Waals surface area (Å²) in [4.78, 5) is 59.7. The minimum Gasteiger partial charge on any atom is -0.453 e. The van der Waals surface area contributed by atoms with Crippen LogP contribution in [0.4, 0.5) is 4.79 Å². The Hall–Kier alpha value is -5.11. The molecule has 53 heavy (non-hydrogen) atoms. The number of methoxy groups -OCH3 is 1. The van der Waals surface area contributed by atoms with Gasteiger partial charge in [0.2, 0.25) is 11.8 Å². The molecule has 4 aromatic rings. The van der Waals surface area contributed by atoms with Gasteiger partial charge in [0.05, 0.1) is 42.1 Å². The number of aromatic nitrogens is 4. The maximum atomic E-state index is 13.7. The van der Waals surface area contributed by atoms with Crippen LogP contribution in [-0.2, 0) is 14.3 Å². The fraction of sp³-hybridized carbons (Fsp3) is 0.500. The van der Waals surface area contributed by atoms with Crippen molar-refractivity contribution in [3.63, 3.8) is 0 Å². The van der Waals surface area contributed by atoms with Crippen molar-refractivity contribution in [1.82, 2.24) is 35.1 Å². The Kier molecular flexibility index (Phi) is 10.1. The molecular formula is C42H51N7O4. The van der Waals surface area contributed by atoms with Crippen LogP contribution in [0.15, 0.2) is 48.7 Å². The van der Waals surface area contributed by atoms with Crippen LogP contribution < -0.4 is 5.32 Å². The highest BCUT2D eigenvalue weighted by molar-refractivity contribution is 5.86. The van der Waals surface area contributed by atoms with Crippen molar-refractivity contribution in [1.29, 1.82) is 0 Å². The van der Waals surface area contributed by atoms with E-state index in [1.807, 2.05) is 68.1 Å². The van der Waals surface area contributed by atoms with Crippen LogP contribution in [0.5, 0.6) is 0 Å². The number of hydrogen-bond acceptors (Lipinski definition) is 6. The van der Waals surface area contributed by atoms with Gasteiger partial charge in [-0.3, -0.25) is 9.59 Å². The quantitative estimate of drug-likeness (QED) is 0.158. The first-order chi connectivity index (χ1) is 25.5. The monoisotopic (exact) mass is 717 g/mol. The number of rotatable bonds is 9. The Morgan fingerprint density at radius 1 is 0.962 bits per heavy atom. The molecule has 2 saturated heterocycles. The zero-order chi connectivity index (χ0) is 37.4. The summed E-state index contributed by atoms with van der Waals surface area (Å²) in [7, 11) is 1.30. The van der Waals surface area contributed by atoms with E-state index in [4.69, 9.17) is 9.72 Å². The van der Waals surface area contributed by atoms with Gasteiger partial charge in [0, 0.05) is 30.1 Å². The summed E-state index contributed by atoms with van der Waals surface area (Å²) < 4.78 is 4.80. The fourth-order valence-corrected chi connectivity index (χ4v) is 7.78. The zero-order valence-electron chi connectivity index (χ0n) is 31.7. The molecule has 3 fully saturated rings. The SMILES string of the molecule is CC[C@@H](C)[C@H](NC(=O)OC)C(=O)N1CCC[C@H]1c1ncc(-c2ccc(C#Cc3ccc4nc([C@@H]5CC6(CC6)CN5C(=O)[C@@H](C)C(C)C)[nH]c4c3)cc2)[nH]1. The van der Waals surface area contributed by atoms with Gasteiger partial charge in [-0.15, -0.1) is 0 Å². The number of carbonyl (C=O) groups excluding carboxylic acids is 3. The lowest BCUT2D eigenvalue weighted by atomic mass is 9.96. The summed E-state index contributed by atoms with van der Waals surface area (Å²) in [5.74, 6) is 8.55. The van der Waals surface area contributed by atoms with E-state index >= 15 is 0 Å². The molecule has 2 aliphatic heterocycles. The number of H-pyrrole nitrogens is 2. The van der Waals surface area contributed by atoms with Crippen molar-refractivity contribution in [3.05, 3.63) is 71.4 Å². The molecule has 3 N–H and O–H groups in total. The van der Waals surface area contributed by atoms with Gasteiger partial charge in [-0.2, -0.15) is 0 Å². The van der Waals surface area contributed by atoms with Crippen LogP contribution in [0.2, 0.25) is 0 Å². The maximum absolute atomic E-state index is 13.7. The van der Waals surface area contributed by atoms with Crippen LogP contribution in [0, 0.1) is 35.0 Å². The van der Waals surface area contributed by atoms with Crippen LogP contribution in [0.3, 0.4) is 0 Å². The predicted octanol–water partition coefficient (Wildman–Crippen LogP) is 7.13. The number of likely N-dealkylation sites (tertiary alicyclic amines) is 2. The number of imidazole rings is 2. The molecule has 0 radical (unpaired) electrons. The number of aromatic amines is 2. The van der Waals surface area contributed by atoms with E-state index in [1.165, 1.54) is 20.0 Å². The lowest BCUT2D eigenvalue weighted by molar-refractivity contribution is -0.137. The molecular weight excluding hydrogens is 667 g/mol. The van der Waals surface area contributed by atoms with Crippen molar-refractivity contribution < 1.29 is 19.1 Å². The van der Waals surface area contributed by atoms with Gasteiger partial charge >= 0.3 is 6.09 Å². The third-order valence-corrected chi connectivity index (χ3v) is 11.9. The maximum Gasteiger partial charge on any atom is 0.407 e. The van der Waals surface area contributed by atoms with Crippen molar-refractivity contribution in [2.24, 2.45) is 23.2 Å².